The van der Waals surface area contributed by atoms with Crippen molar-refractivity contribution in [2.45, 2.75) is 19.5 Å². The lowest BCUT2D eigenvalue weighted by atomic mass is 10.1. The summed E-state index contributed by atoms with van der Waals surface area (Å²) in [4.78, 5) is 28.4. The molecule has 7 heteroatoms. The summed E-state index contributed by atoms with van der Waals surface area (Å²) in [5.74, 6) is -0.864. The number of aromatic nitrogens is 3. The Kier molecular flexibility index (Phi) is 3.76. The molecule has 1 unspecified atom stereocenters. The smallest absolute Gasteiger partial charge is 0.349 e. The highest BCUT2D eigenvalue weighted by Crippen LogP contribution is 2.33. The van der Waals surface area contributed by atoms with Crippen LogP contribution in [-0.4, -0.2) is 25.8 Å². The highest BCUT2D eigenvalue weighted by Gasteiger charge is 2.31. The number of carboxylic acids is 1. The number of fused-ring (bicyclic) bond motifs is 3. The minimum absolute atomic E-state index is 0.129. The molecule has 0 spiro atoms. The summed E-state index contributed by atoms with van der Waals surface area (Å²) in [6.45, 7) is 2.04. The van der Waals surface area contributed by atoms with Crippen LogP contribution in [-0.2, 0) is 11.2 Å². The minimum atomic E-state index is -1.14. The highest BCUT2D eigenvalue weighted by atomic mass is 16.4. The predicted molar refractivity (Wildman–Crippen MR) is 96.8 cm³/mol. The monoisotopic (exact) mass is 348 g/mol. The Morgan fingerprint density at radius 1 is 1.19 bits per heavy atom. The lowest BCUT2D eigenvalue weighted by molar-refractivity contribution is -0.140. The van der Waals surface area contributed by atoms with Gasteiger partial charge in [0, 0.05) is 16.8 Å². The van der Waals surface area contributed by atoms with Gasteiger partial charge >= 0.3 is 5.97 Å². The van der Waals surface area contributed by atoms with Gasteiger partial charge in [-0.05, 0) is 24.1 Å². The molecule has 0 saturated heterocycles. The number of nitrogens with zero attached hydrogens (tertiary/aromatic N) is 3. The molecule has 0 radical (unpaired) electrons. The van der Waals surface area contributed by atoms with Gasteiger partial charge in [-0.15, -0.1) is 0 Å². The van der Waals surface area contributed by atoms with E-state index in [-0.39, 0.29) is 11.5 Å². The normalized spacial score (nSPS) is 14.9. The zero-order chi connectivity index (χ0) is 18.3. The van der Waals surface area contributed by atoms with Crippen LogP contribution in [0.4, 0.5) is 5.69 Å². The maximum absolute atomic E-state index is 12.6. The molecule has 1 aliphatic heterocycles. The van der Waals surface area contributed by atoms with E-state index in [9.17, 15) is 14.7 Å². The quantitative estimate of drug-likeness (QED) is 0.755. The zero-order valence-corrected chi connectivity index (χ0v) is 14.0. The molecule has 0 amide bonds. The van der Waals surface area contributed by atoms with Crippen molar-refractivity contribution < 1.29 is 9.90 Å². The van der Waals surface area contributed by atoms with Gasteiger partial charge in [0.2, 0.25) is 6.17 Å². The minimum Gasteiger partial charge on any atom is -0.478 e. The van der Waals surface area contributed by atoms with E-state index in [4.69, 9.17) is 0 Å². The molecule has 0 aliphatic carbocycles. The molecular formula is C19H16N4O3. The van der Waals surface area contributed by atoms with E-state index in [0.717, 1.165) is 12.0 Å². The molecule has 0 fully saturated rings. The summed E-state index contributed by atoms with van der Waals surface area (Å²) in [5.41, 5.74) is 2.64. The van der Waals surface area contributed by atoms with Gasteiger partial charge in [0.15, 0.2) is 11.5 Å². The largest absolute Gasteiger partial charge is 0.478 e. The third-order valence-corrected chi connectivity index (χ3v) is 4.41. The standard InChI is InChI=1S/C19H16N4O3/c1-2-11-7-9-12(10-8-11)15-18(24)21-16-13-5-3-4-6-14(13)20-17(19(25)26)23(16)22-15/h3-10,17,20H,2H2,1H3,(H,25,26). The SMILES string of the molecule is CCc1ccc(-c2nn3c(nc2=O)-c2ccccc2NC3C(=O)O)cc1. The van der Waals surface area contributed by atoms with E-state index < -0.39 is 17.7 Å². The van der Waals surface area contributed by atoms with Gasteiger partial charge in [0.05, 0.1) is 0 Å². The number of anilines is 1. The molecule has 2 aromatic carbocycles. The molecule has 1 aromatic heterocycles. The van der Waals surface area contributed by atoms with Crippen molar-refractivity contribution in [1.29, 1.82) is 0 Å². The third kappa shape index (κ3) is 2.54. The van der Waals surface area contributed by atoms with Crippen LogP contribution in [0.15, 0.2) is 53.3 Å². The van der Waals surface area contributed by atoms with Crippen LogP contribution in [0.5, 0.6) is 0 Å². The Bertz CT molecular complexity index is 1060. The number of aryl methyl sites for hydroxylation is 1. The Labute approximate surface area is 149 Å². The third-order valence-electron chi connectivity index (χ3n) is 4.41. The Morgan fingerprint density at radius 3 is 2.62 bits per heavy atom. The molecule has 7 nitrogen and oxygen atoms in total. The summed E-state index contributed by atoms with van der Waals surface area (Å²) in [7, 11) is 0. The van der Waals surface area contributed by atoms with Gasteiger partial charge in [-0.2, -0.15) is 10.1 Å². The first-order valence-corrected chi connectivity index (χ1v) is 8.27. The lowest BCUT2D eigenvalue weighted by Crippen LogP contribution is -2.35. The number of carbonyl (C=O) groups is 1. The van der Waals surface area contributed by atoms with Crippen LogP contribution in [0.3, 0.4) is 0 Å². The van der Waals surface area contributed by atoms with Crippen LogP contribution in [0.25, 0.3) is 22.6 Å². The number of aliphatic carboxylic acids is 1. The van der Waals surface area contributed by atoms with E-state index >= 15 is 0 Å². The second kappa shape index (κ2) is 6.11. The van der Waals surface area contributed by atoms with Gasteiger partial charge in [-0.25, -0.2) is 9.48 Å². The van der Waals surface area contributed by atoms with Crippen molar-refractivity contribution in [3.63, 3.8) is 0 Å². The molecule has 0 bridgehead atoms. The van der Waals surface area contributed by atoms with E-state index in [1.165, 1.54) is 4.68 Å². The first-order chi connectivity index (χ1) is 12.6. The Morgan fingerprint density at radius 2 is 1.92 bits per heavy atom. The average molecular weight is 348 g/mol. The van der Waals surface area contributed by atoms with Crippen LogP contribution in [0.2, 0.25) is 0 Å². The summed E-state index contributed by atoms with van der Waals surface area (Å²) in [5, 5.41) is 16.8. The fourth-order valence-corrected chi connectivity index (χ4v) is 3.02. The summed E-state index contributed by atoms with van der Waals surface area (Å²) >= 11 is 0. The molecule has 26 heavy (non-hydrogen) atoms. The zero-order valence-electron chi connectivity index (χ0n) is 14.0. The molecule has 3 aromatic rings. The molecule has 130 valence electrons. The predicted octanol–water partition coefficient (Wildman–Crippen LogP) is 2.54. The van der Waals surface area contributed by atoms with Gasteiger partial charge in [-0.3, -0.25) is 4.79 Å². The van der Waals surface area contributed by atoms with Gasteiger partial charge in [0.1, 0.15) is 0 Å². The fourth-order valence-electron chi connectivity index (χ4n) is 3.02. The lowest BCUT2D eigenvalue weighted by Gasteiger charge is -2.27. The molecule has 2 N–H and O–H groups in total. The summed E-state index contributed by atoms with van der Waals surface area (Å²) < 4.78 is 1.26. The first kappa shape index (κ1) is 16.0. The van der Waals surface area contributed by atoms with Crippen molar-refractivity contribution >= 4 is 11.7 Å². The molecule has 1 aliphatic rings. The van der Waals surface area contributed by atoms with Crippen molar-refractivity contribution in [2.24, 2.45) is 0 Å². The number of para-hydroxylation sites is 1. The number of hydrogen-bond donors (Lipinski definition) is 2. The molecular weight excluding hydrogens is 332 g/mol. The first-order valence-electron chi connectivity index (χ1n) is 8.27. The van der Waals surface area contributed by atoms with E-state index in [1.54, 1.807) is 36.4 Å². The maximum atomic E-state index is 12.6. The second-order valence-electron chi connectivity index (χ2n) is 6.01. The van der Waals surface area contributed by atoms with Crippen molar-refractivity contribution in [2.75, 3.05) is 5.32 Å². The molecule has 0 saturated carbocycles. The van der Waals surface area contributed by atoms with E-state index in [1.807, 2.05) is 19.1 Å². The van der Waals surface area contributed by atoms with Crippen LogP contribution in [0, 0.1) is 0 Å². The van der Waals surface area contributed by atoms with Crippen molar-refractivity contribution in [1.82, 2.24) is 14.8 Å². The fraction of sp³-hybridized carbons (Fsp3) is 0.158. The Hall–Kier alpha value is -3.48. The summed E-state index contributed by atoms with van der Waals surface area (Å²) in [6.07, 6.45) is -0.252. The number of benzene rings is 2. The van der Waals surface area contributed by atoms with Gasteiger partial charge < -0.3 is 10.4 Å². The molecule has 4 rings (SSSR count). The topological polar surface area (TPSA) is 97.1 Å². The van der Waals surface area contributed by atoms with Crippen LogP contribution < -0.4 is 10.9 Å². The second-order valence-corrected chi connectivity index (χ2v) is 6.01. The highest BCUT2D eigenvalue weighted by molar-refractivity contribution is 5.84. The number of nitrogens with one attached hydrogen (secondary N) is 1. The van der Waals surface area contributed by atoms with Gasteiger partial charge in [-0.1, -0.05) is 43.3 Å². The number of carboxylic acid groups (broad SMARTS) is 1. The Balaban J connectivity index is 1.92. The van der Waals surface area contributed by atoms with Crippen LogP contribution >= 0.6 is 0 Å². The number of hydrogen-bond acceptors (Lipinski definition) is 5. The average Bonchev–Trinajstić information content (AvgIpc) is 2.67. The van der Waals surface area contributed by atoms with E-state index in [0.29, 0.717) is 16.8 Å². The molecule has 1 atom stereocenters. The van der Waals surface area contributed by atoms with E-state index in [2.05, 4.69) is 15.4 Å². The van der Waals surface area contributed by atoms with Crippen LogP contribution in [0.1, 0.15) is 18.7 Å². The maximum Gasteiger partial charge on any atom is 0.349 e. The van der Waals surface area contributed by atoms with Gasteiger partial charge in [0.25, 0.3) is 5.56 Å². The summed E-state index contributed by atoms with van der Waals surface area (Å²) in [6, 6.07) is 14.6. The number of rotatable bonds is 3. The molecule has 2 heterocycles. The van der Waals surface area contributed by atoms with Crippen molar-refractivity contribution in [3.8, 4) is 22.6 Å². The van der Waals surface area contributed by atoms with Crippen molar-refractivity contribution in [3.05, 3.63) is 64.4 Å².